The van der Waals surface area contributed by atoms with E-state index in [-0.39, 0.29) is 41.2 Å². The molecular weight excluding hydrogens is 522 g/mol. The van der Waals surface area contributed by atoms with Gasteiger partial charge in [0, 0.05) is 36.8 Å². The molecule has 2 heterocycles. The summed E-state index contributed by atoms with van der Waals surface area (Å²) in [6, 6.07) is 18.1. The van der Waals surface area contributed by atoms with Crippen LogP contribution in [0, 0.1) is 5.92 Å². The van der Waals surface area contributed by atoms with E-state index in [1.807, 2.05) is 32.2 Å². The number of nitrogens with zero attached hydrogens (tertiary/aromatic N) is 2. The number of nitrogens with one attached hydrogen (secondary N) is 1. The number of thiophene rings is 1. The summed E-state index contributed by atoms with van der Waals surface area (Å²) in [7, 11) is -1.69. The van der Waals surface area contributed by atoms with Crippen molar-refractivity contribution in [3.8, 4) is 5.75 Å². The topological polar surface area (TPSA) is 99.2 Å². The zero-order chi connectivity index (χ0) is 27.3. The second-order valence-electron chi connectivity index (χ2n) is 9.93. The highest BCUT2D eigenvalue weighted by molar-refractivity contribution is 7.94. The lowest BCUT2D eigenvalue weighted by Gasteiger charge is -2.34. The molecule has 3 atom stereocenters. The Morgan fingerprint density at radius 2 is 1.95 bits per heavy atom. The molecular formula is C28H35N3O5S2. The molecule has 4 rings (SSSR count). The summed E-state index contributed by atoms with van der Waals surface area (Å²) in [5, 5.41) is 11.6. The molecule has 2 N–H and O–H groups in total. The molecule has 0 spiro atoms. The summed E-state index contributed by atoms with van der Waals surface area (Å²) in [4.78, 5) is 17.3. The lowest BCUT2D eigenvalue weighted by atomic mass is 10.0. The number of likely N-dealkylation sites (N-methyl/N-ethyl adjacent to an activating group) is 1. The first-order chi connectivity index (χ1) is 18.2. The van der Waals surface area contributed by atoms with Gasteiger partial charge in [0.1, 0.15) is 16.1 Å². The van der Waals surface area contributed by atoms with Gasteiger partial charge < -0.3 is 14.7 Å². The number of carbonyl (C=O) groups excluding carboxylic acids is 1. The Hall–Kier alpha value is -2.92. The van der Waals surface area contributed by atoms with Gasteiger partial charge in [0.25, 0.3) is 10.0 Å². The predicted octanol–water partition coefficient (Wildman–Crippen LogP) is 3.83. The molecule has 0 saturated heterocycles. The number of rotatable bonds is 9. The summed E-state index contributed by atoms with van der Waals surface area (Å²) < 4.78 is 34.9. The van der Waals surface area contributed by atoms with Crippen LogP contribution < -0.4 is 9.46 Å². The third-order valence-electron chi connectivity index (χ3n) is 6.72. The van der Waals surface area contributed by atoms with Crippen LogP contribution in [0.25, 0.3) is 0 Å². The average Bonchev–Trinajstić information content (AvgIpc) is 3.44. The molecule has 0 bridgehead atoms. The van der Waals surface area contributed by atoms with Crippen LogP contribution in [0.3, 0.4) is 0 Å². The fourth-order valence-electron chi connectivity index (χ4n) is 4.60. The lowest BCUT2D eigenvalue weighted by Crippen LogP contribution is -2.47. The molecule has 1 aliphatic rings. The molecule has 1 aliphatic heterocycles. The van der Waals surface area contributed by atoms with Gasteiger partial charge >= 0.3 is 0 Å². The molecule has 1 aromatic heterocycles. The number of sulfonamides is 1. The number of fused-ring (bicyclic) bond motifs is 1. The summed E-state index contributed by atoms with van der Waals surface area (Å²) in [5.74, 6) is 0.398. The monoisotopic (exact) mass is 557 g/mol. The first kappa shape index (κ1) is 28.1. The van der Waals surface area contributed by atoms with Crippen molar-refractivity contribution < 1.29 is 23.1 Å². The number of hydrogen-bond donors (Lipinski definition) is 2. The van der Waals surface area contributed by atoms with Crippen LogP contribution in [0.1, 0.15) is 25.0 Å². The molecule has 0 saturated carbocycles. The van der Waals surface area contributed by atoms with Crippen LogP contribution in [0.15, 0.2) is 70.3 Å². The van der Waals surface area contributed by atoms with E-state index in [1.165, 1.54) is 5.56 Å². The number of aliphatic hydroxyl groups is 1. The first-order valence-electron chi connectivity index (χ1n) is 12.6. The smallest absolute Gasteiger partial charge is 0.271 e. The standard InChI is InChI=1S/C28H35N3O5S2/c1-20-16-31(21(2)19-32)27(33)15-23-14-24(29-38(34,35)28-10-7-13-37-28)11-12-25(23)36-26(20)18-30(3)17-22-8-5-4-6-9-22/h4-14,20-21,26,29,32H,15-19H2,1-3H3/t20-,21-,26-/m1/s1. The van der Waals surface area contributed by atoms with E-state index < -0.39 is 10.0 Å². The molecule has 0 fully saturated rings. The molecule has 10 heteroatoms. The number of anilines is 1. The lowest BCUT2D eigenvalue weighted by molar-refractivity contribution is -0.134. The van der Waals surface area contributed by atoms with E-state index in [9.17, 15) is 18.3 Å². The molecule has 2 aromatic carbocycles. The SMILES string of the molecule is C[C@@H]1CN([C@H](C)CO)C(=O)Cc2cc(NS(=O)(=O)c3cccs3)ccc2O[C@@H]1CN(C)Cc1ccccc1. The zero-order valence-corrected chi connectivity index (χ0v) is 23.5. The third kappa shape index (κ3) is 6.93. The predicted molar refractivity (Wildman–Crippen MR) is 150 cm³/mol. The fourth-order valence-corrected chi connectivity index (χ4v) is 6.64. The van der Waals surface area contributed by atoms with Gasteiger partial charge in [-0.1, -0.05) is 43.3 Å². The van der Waals surface area contributed by atoms with Crippen LogP contribution in [0.2, 0.25) is 0 Å². The van der Waals surface area contributed by atoms with Crippen molar-refractivity contribution in [1.29, 1.82) is 0 Å². The van der Waals surface area contributed by atoms with E-state index >= 15 is 0 Å². The van der Waals surface area contributed by atoms with Crippen LogP contribution in [0.5, 0.6) is 5.75 Å². The summed E-state index contributed by atoms with van der Waals surface area (Å²) >= 11 is 1.14. The van der Waals surface area contributed by atoms with Crippen LogP contribution in [-0.2, 0) is 27.8 Å². The highest BCUT2D eigenvalue weighted by Crippen LogP contribution is 2.30. The van der Waals surface area contributed by atoms with Gasteiger partial charge in [-0.3, -0.25) is 14.4 Å². The highest BCUT2D eigenvalue weighted by Gasteiger charge is 2.31. The Labute approximate surface area is 228 Å². The quantitative estimate of drug-likeness (QED) is 0.415. The Balaban J connectivity index is 1.63. The van der Waals surface area contributed by atoms with Crippen molar-refractivity contribution in [2.45, 2.75) is 43.2 Å². The average molecular weight is 558 g/mol. The molecule has 0 radical (unpaired) electrons. The Morgan fingerprint density at radius 3 is 2.63 bits per heavy atom. The Kier molecular flexibility index (Phi) is 9.09. The minimum atomic E-state index is -3.73. The molecule has 3 aromatic rings. The summed E-state index contributed by atoms with van der Waals surface area (Å²) in [6.07, 6.45) is -0.205. The van der Waals surface area contributed by atoms with Crippen LogP contribution in [-0.4, -0.2) is 68.1 Å². The second kappa shape index (κ2) is 12.3. The molecule has 38 heavy (non-hydrogen) atoms. The number of benzene rings is 2. The first-order valence-corrected chi connectivity index (χ1v) is 15.0. The molecule has 1 amide bonds. The Morgan fingerprint density at radius 1 is 1.18 bits per heavy atom. The summed E-state index contributed by atoms with van der Waals surface area (Å²) in [6.45, 7) is 5.55. The maximum Gasteiger partial charge on any atom is 0.271 e. The number of aliphatic hydroxyl groups excluding tert-OH is 1. The number of hydrogen-bond acceptors (Lipinski definition) is 7. The Bertz CT molecular complexity index is 1320. The third-order valence-corrected chi connectivity index (χ3v) is 9.49. The van der Waals surface area contributed by atoms with Crippen molar-refractivity contribution in [3.05, 3.63) is 77.2 Å². The van der Waals surface area contributed by atoms with Gasteiger partial charge in [-0.15, -0.1) is 11.3 Å². The maximum absolute atomic E-state index is 13.4. The van der Waals surface area contributed by atoms with Crippen molar-refractivity contribution >= 4 is 33.0 Å². The van der Waals surface area contributed by atoms with Crippen molar-refractivity contribution in [2.75, 3.05) is 31.5 Å². The number of ether oxygens (including phenoxy) is 1. The maximum atomic E-state index is 13.4. The van der Waals surface area contributed by atoms with Gasteiger partial charge in [0.2, 0.25) is 5.91 Å². The van der Waals surface area contributed by atoms with Gasteiger partial charge in [-0.2, -0.15) is 0 Å². The van der Waals surface area contributed by atoms with Crippen molar-refractivity contribution in [1.82, 2.24) is 9.80 Å². The van der Waals surface area contributed by atoms with Crippen LogP contribution >= 0.6 is 11.3 Å². The molecule has 8 nitrogen and oxygen atoms in total. The fraction of sp³-hybridized carbons (Fsp3) is 0.393. The van der Waals surface area contributed by atoms with E-state index in [4.69, 9.17) is 4.74 Å². The highest BCUT2D eigenvalue weighted by atomic mass is 32.2. The van der Waals surface area contributed by atoms with Crippen LogP contribution in [0.4, 0.5) is 5.69 Å². The van der Waals surface area contributed by atoms with E-state index in [0.29, 0.717) is 30.1 Å². The number of amides is 1. The van der Waals surface area contributed by atoms with E-state index in [0.717, 1.165) is 17.9 Å². The molecule has 0 unspecified atom stereocenters. The second-order valence-corrected chi connectivity index (χ2v) is 12.8. The van der Waals surface area contributed by atoms with Crippen molar-refractivity contribution in [3.63, 3.8) is 0 Å². The largest absolute Gasteiger partial charge is 0.488 e. The minimum Gasteiger partial charge on any atom is -0.488 e. The number of carbonyl (C=O) groups is 1. The van der Waals surface area contributed by atoms with Crippen molar-refractivity contribution in [2.24, 2.45) is 5.92 Å². The summed E-state index contributed by atoms with van der Waals surface area (Å²) in [5.41, 5.74) is 2.15. The van der Waals surface area contributed by atoms with Gasteiger partial charge in [-0.25, -0.2) is 8.42 Å². The zero-order valence-electron chi connectivity index (χ0n) is 21.9. The van der Waals surface area contributed by atoms with Gasteiger partial charge in [0.15, 0.2) is 0 Å². The molecule has 0 aliphatic carbocycles. The minimum absolute atomic E-state index is 0.0193. The van der Waals surface area contributed by atoms with Gasteiger partial charge in [-0.05, 0) is 49.2 Å². The van der Waals surface area contributed by atoms with Gasteiger partial charge in [0.05, 0.1) is 19.1 Å². The van der Waals surface area contributed by atoms with E-state index in [2.05, 4.69) is 28.7 Å². The normalized spacial score (nSPS) is 19.2. The van der Waals surface area contributed by atoms with E-state index in [1.54, 1.807) is 40.6 Å². The molecule has 204 valence electrons.